The fraction of sp³-hybridized carbons (Fsp3) is 0.143. The van der Waals surface area contributed by atoms with Crippen LogP contribution in [0.1, 0.15) is 12.7 Å². The van der Waals surface area contributed by atoms with Crippen LogP contribution in [0.3, 0.4) is 0 Å². The summed E-state index contributed by atoms with van der Waals surface area (Å²) in [6, 6.07) is 6.86. The monoisotopic (exact) mass is 348 g/mol. The molecule has 0 aliphatic rings. The number of rotatable bonds is 6. The molecule has 0 radical (unpaired) electrons. The summed E-state index contributed by atoms with van der Waals surface area (Å²) in [7, 11) is 0. The molecule has 7 nitrogen and oxygen atoms in total. The molecule has 3 rings (SSSR count). The van der Waals surface area contributed by atoms with Gasteiger partial charge in [0.05, 0.1) is 10.9 Å². The van der Waals surface area contributed by atoms with Gasteiger partial charge in [-0.15, -0.1) is 21.5 Å². The molecule has 3 aromatic heterocycles. The Balaban J connectivity index is 1.75. The number of thioether (sulfide) groups is 1. The minimum atomic E-state index is -0.564. The summed E-state index contributed by atoms with van der Waals surface area (Å²) in [5, 5.41) is 23.5. The highest BCUT2D eigenvalue weighted by Crippen LogP contribution is 2.28. The molecule has 9 heteroatoms. The predicted molar refractivity (Wildman–Crippen MR) is 89.3 cm³/mol. The number of nitrogens with zero attached hydrogens (tertiary/aromatic N) is 4. The Morgan fingerprint density at radius 2 is 2.30 bits per heavy atom. The third-order valence-electron chi connectivity index (χ3n) is 2.97. The van der Waals surface area contributed by atoms with Crippen molar-refractivity contribution in [2.24, 2.45) is 0 Å². The van der Waals surface area contributed by atoms with E-state index in [0.29, 0.717) is 5.76 Å². The first-order chi connectivity index (χ1) is 11.2. The van der Waals surface area contributed by atoms with E-state index in [2.05, 4.69) is 10.2 Å². The fourth-order valence-electron chi connectivity index (χ4n) is 1.94. The van der Waals surface area contributed by atoms with Gasteiger partial charge in [-0.1, -0.05) is 17.8 Å². The maximum atomic E-state index is 10.6. The summed E-state index contributed by atoms with van der Waals surface area (Å²) in [6.07, 6.45) is 1.66. The van der Waals surface area contributed by atoms with Crippen molar-refractivity contribution in [1.29, 1.82) is 0 Å². The molecule has 0 aliphatic carbocycles. The molecule has 0 amide bonds. The van der Waals surface area contributed by atoms with Crippen LogP contribution in [0.4, 0.5) is 5.88 Å². The van der Waals surface area contributed by atoms with Crippen LogP contribution >= 0.6 is 23.1 Å². The van der Waals surface area contributed by atoms with Crippen molar-refractivity contribution in [1.82, 2.24) is 14.8 Å². The minimum absolute atomic E-state index is 0.272. The van der Waals surface area contributed by atoms with E-state index in [1.54, 1.807) is 28.9 Å². The lowest BCUT2D eigenvalue weighted by Crippen LogP contribution is -1.97. The van der Waals surface area contributed by atoms with Gasteiger partial charge in [-0.05, 0) is 35.9 Å². The first kappa shape index (κ1) is 15.5. The van der Waals surface area contributed by atoms with Gasteiger partial charge in [0.2, 0.25) is 0 Å². The van der Waals surface area contributed by atoms with E-state index in [1.165, 1.54) is 17.8 Å². The molecule has 23 heavy (non-hydrogen) atoms. The van der Waals surface area contributed by atoms with Gasteiger partial charge in [0.1, 0.15) is 10.7 Å². The number of hydrogen-bond acceptors (Lipinski definition) is 7. The molecule has 0 aliphatic heterocycles. The highest BCUT2D eigenvalue weighted by molar-refractivity contribution is 8.02. The SMILES string of the molecule is CCn1c(S/C=C/c2ccc([N+](=O)[O-])o2)nnc1-c1cccs1. The maximum absolute atomic E-state index is 10.6. The van der Waals surface area contributed by atoms with Gasteiger partial charge in [0.25, 0.3) is 0 Å². The lowest BCUT2D eigenvalue weighted by Gasteiger charge is -2.03. The summed E-state index contributed by atoms with van der Waals surface area (Å²) in [6.45, 7) is 2.78. The van der Waals surface area contributed by atoms with Crippen LogP contribution in [-0.4, -0.2) is 19.7 Å². The van der Waals surface area contributed by atoms with E-state index in [1.807, 2.05) is 29.0 Å². The summed E-state index contributed by atoms with van der Waals surface area (Å²) in [5.74, 6) is 0.989. The second kappa shape index (κ2) is 6.80. The molecule has 3 aromatic rings. The van der Waals surface area contributed by atoms with Crippen molar-refractivity contribution in [3.63, 3.8) is 0 Å². The molecule has 0 unspecified atom stereocenters. The number of furan rings is 1. The zero-order valence-corrected chi connectivity index (χ0v) is 13.7. The van der Waals surface area contributed by atoms with E-state index in [9.17, 15) is 10.1 Å². The van der Waals surface area contributed by atoms with Crippen molar-refractivity contribution in [3.8, 4) is 10.7 Å². The number of hydrogen-bond donors (Lipinski definition) is 0. The molecule has 0 atom stereocenters. The second-order valence-electron chi connectivity index (χ2n) is 4.38. The zero-order chi connectivity index (χ0) is 16.2. The molecule has 0 N–H and O–H groups in total. The molecule has 0 saturated heterocycles. The largest absolute Gasteiger partial charge is 0.433 e. The van der Waals surface area contributed by atoms with E-state index < -0.39 is 4.92 Å². The average molecular weight is 348 g/mol. The highest BCUT2D eigenvalue weighted by atomic mass is 32.2. The molecule has 0 fully saturated rings. The normalized spacial score (nSPS) is 11.3. The molecule has 118 valence electrons. The number of aromatic nitrogens is 3. The Morgan fingerprint density at radius 3 is 2.96 bits per heavy atom. The quantitative estimate of drug-likeness (QED) is 0.375. The fourth-order valence-corrected chi connectivity index (χ4v) is 3.41. The minimum Gasteiger partial charge on any atom is -0.401 e. The van der Waals surface area contributed by atoms with Crippen LogP contribution in [-0.2, 0) is 6.54 Å². The Bertz CT molecular complexity index is 836. The maximum Gasteiger partial charge on any atom is 0.433 e. The molecular formula is C14H12N4O3S2. The van der Waals surface area contributed by atoms with E-state index in [0.717, 1.165) is 22.4 Å². The van der Waals surface area contributed by atoms with Crippen molar-refractivity contribution in [2.75, 3.05) is 0 Å². The van der Waals surface area contributed by atoms with E-state index in [-0.39, 0.29) is 5.88 Å². The third kappa shape index (κ3) is 3.35. The van der Waals surface area contributed by atoms with Crippen LogP contribution < -0.4 is 0 Å². The summed E-state index contributed by atoms with van der Waals surface area (Å²) < 4.78 is 7.08. The first-order valence-electron chi connectivity index (χ1n) is 6.73. The third-order valence-corrected chi connectivity index (χ3v) is 4.62. The van der Waals surface area contributed by atoms with Gasteiger partial charge in [-0.3, -0.25) is 10.1 Å². The lowest BCUT2D eigenvalue weighted by molar-refractivity contribution is -0.402. The molecule has 3 heterocycles. The lowest BCUT2D eigenvalue weighted by atomic mass is 10.4. The van der Waals surface area contributed by atoms with Gasteiger partial charge in [-0.25, -0.2) is 0 Å². The van der Waals surface area contributed by atoms with Crippen LogP contribution in [0.15, 0.2) is 44.6 Å². The van der Waals surface area contributed by atoms with Gasteiger partial charge in [0, 0.05) is 6.54 Å². The number of nitro groups is 1. The highest BCUT2D eigenvalue weighted by Gasteiger charge is 2.13. The predicted octanol–water partition coefficient (Wildman–Crippen LogP) is 4.29. The van der Waals surface area contributed by atoms with Crippen molar-refractivity contribution < 1.29 is 9.34 Å². The molecule has 0 spiro atoms. The van der Waals surface area contributed by atoms with E-state index in [4.69, 9.17) is 4.42 Å². The van der Waals surface area contributed by atoms with Crippen molar-refractivity contribution >= 4 is 35.1 Å². The zero-order valence-electron chi connectivity index (χ0n) is 12.1. The van der Waals surface area contributed by atoms with E-state index >= 15 is 0 Å². The van der Waals surface area contributed by atoms with Crippen LogP contribution in [0.25, 0.3) is 16.8 Å². The van der Waals surface area contributed by atoms with Crippen LogP contribution in [0, 0.1) is 10.1 Å². The number of thiophene rings is 1. The molecule has 0 bridgehead atoms. The van der Waals surface area contributed by atoms with Crippen LogP contribution in [0.2, 0.25) is 0 Å². The smallest absolute Gasteiger partial charge is 0.401 e. The van der Waals surface area contributed by atoms with Gasteiger partial charge in [-0.2, -0.15) is 0 Å². The van der Waals surface area contributed by atoms with Crippen LogP contribution in [0.5, 0.6) is 0 Å². The Labute approximate surface area is 139 Å². The molecule has 0 saturated carbocycles. The standard InChI is InChI=1S/C14H12N4O3S2/c1-2-17-13(11-4-3-8-22-11)15-16-14(17)23-9-7-10-5-6-12(21-10)18(19)20/h3-9H,2H2,1H3/b9-7+. The van der Waals surface area contributed by atoms with Gasteiger partial charge < -0.3 is 8.98 Å². The summed E-state index contributed by atoms with van der Waals surface area (Å²) in [5.41, 5.74) is 0. The Morgan fingerprint density at radius 1 is 1.43 bits per heavy atom. The van der Waals surface area contributed by atoms with Gasteiger partial charge in [0.15, 0.2) is 11.0 Å². The summed E-state index contributed by atoms with van der Waals surface area (Å²) in [4.78, 5) is 11.1. The molecule has 0 aromatic carbocycles. The summed E-state index contributed by atoms with van der Waals surface area (Å²) >= 11 is 3.00. The topological polar surface area (TPSA) is 87.0 Å². The van der Waals surface area contributed by atoms with Gasteiger partial charge >= 0.3 is 5.88 Å². The second-order valence-corrected chi connectivity index (χ2v) is 6.20. The first-order valence-corrected chi connectivity index (χ1v) is 8.49. The Hall–Kier alpha value is -2.39. The van der Waals surface area contributed by atoms with Crippen molar-refractivity contribution in [2.45, 2.75) is 18.6 Å². The molecular weight excluding hydrogens is 336 g/mol. The Kier molecular flexibility index (Phi) is 4.58. The van der Waals surface area contributed by atoms with Crippen molar-refractivity contribution in [3.05, 3.63) is 50.9 Å². The average Bonchev–Trinajstić information content (AvgIpc) is 3.27.